The van der Waals surface area contributed by atoms with E-state index in [0.717, 1.165) is 16.7 Å². The molecule has 2 aromatic rings. The van der Waals surface area contributed by atoms with Gasteiger partial charge in [-0.15, -0.1) is 0 Å². The highest BCUT2D eigenvalue weighted by Crippen LogP contribution is 2.35. The number of Topliss-reactive ketones (excluding diaryl/α,β-unsaturated/α-hetero) is 2. The summed E-state index contributed by atoms with van der Waals surface area (Å²) in [5, 5.41) is 3.03. The fourth-order valence-corrected chi connectivity index (χ4v) is 3.28. The van der Waals surface area contributed by atoms with Crippen molar-refractivity contribution >= 4 is 23.2 Å². The number of nitrogens with one attached hydrogen (secondary N) is 1. The lowest BCUT2D eigenvalue weighted by Gasteiger charge is -2.13. The fourth-order valence-electron chi connectivity index (χ4n) is 3.28. The van der Waals surface area contributed by atoms with Gasteiger partial charge >= 0.3 is 5.97 Å². The number of ether oxygens (including phenoxy) is 1. The van der Waals surface area contributed by atoms with Crippen molar-refractivity contribution in [2.45, 2.75) is 26.7 Å². The summed E-state index contributed by atoms with van der Waals surface area (Å²) < 4.78 is 4.72. The van der Waals surface area contributed by atoms with Crippen LogP contribution in [0.25, 0.3) is 0 Å². The van der Waals surface area contributed by atoms with Crippen molar-refractivity contribution in [2.24, 2.45) is 0 Å². The van der Waals surface area contributed by atoms with E-state index in [1.807, 2.05) is 32.0 Å². The van der Waals surface area contributed by atoms with E-state index in [0.29, 0.717) is 16.8 Å². The maximum Gasteiger partial charge on any atom is 0.337 e. The summed E-state index contributed by atoms with van der Waals surface area (Å²) >= 11 is 0. The van der Waals surface area contributed by atoms with Crippen LogP contribution >= 0.6 is 0 Å². The van der Waals surface area contributed by atoms with Gasteiger partial charge in [0.1, 0.15) is 5.92 Å². The molecule has 138 valence electrons. The Morgan fingerprint density at radius 2 is 1.74 bits per heavy atom. The summed E-state index contributed by atoms with van der Waals surface area (Å²) in [6.07, 6.45) is 0. The molecule has 1 aliphatic rings. The quantitative estimate of drug-likeness (QED) is 0.662. The number of anilines is 1. The molecule has 0 aliphatic heterocycles. The second-order valence-electron chi connectivity index (χ2n) is 6.72. The number of hydrogen-bond acceptors (Lipinski definition) is 5. The van der Waals surface area contributed by atoms with Gasteiger partial charge in [0.2, 0.25) is 0 Å². The molecule has 1 N–H and O–H groups in total. The molecule has 0 fully saturated rings. The van der Waals surface area contributed by atoms with Crippen molar-refractivity contribution in [1.29, 1.82) is 0 Å². The van der Waals surface area contributed by atoms with E-state index in [2.05, 4.69) is 5.32 Å². The highest BCUT2D eigenvalue weighted by molar-refractivity contribution is 6.28. The van der Waals surface area contributed by atoms with Gasteiger partial charge in [-0.3, -0.25) is 9.59 Å². The zero-order valence-electron chi connectivity index (χ0n) is 15.8. The number of ketones is 2. The van der Waals surface area contributed by atoms with Crippen LogP contribution in [-0.4, -0.2) is 24.6 Å². The number of benzene rings is 2. The van der Waals surface area contributed by atoms with Crippen LogP contribution in [0.3, 0.4) is 0 Å². The third kappa shape index (κ3) is 3.40. The van der Waals surface area contributed by atoms with Crippen LogP contribution in [0.4, 0.5) is 5.69 Å². The summed E-state index contributed by atoms with van der Waals surface area (Å²) in [4.78, 5) is 37.6. The lowest BCUT2D eigenvalue weighted by atomic mass is 9.89. The molecular weight excluding hydrogens is 342 g/mol. The van der Waals surface area contributed by atoms with Crippen LogP contribution in [0.15, 0.2) is 53.7 Å². The number of hydrogen-bond donors (Lipinski definition) is 1. The third-order valence-electron chi connectivity index (χ3n) is 4.81. The van der Waals surface area contributed by atoms with Gasteiger partial charge in [-0.2, -0.15) is 0 Å². The van der Waals surface area contributed by atoms with Gasteiger partial charge in [-0.25, -0.2) is 4.79 Å². The van der Waals surface area contributed by atoms with E-state index in [-0.39, 0.29) is 17.3 Å². The van der Waals surface area contributed by atoms with E-state index in [4.69, 9.17) is 4.74 Å². The van der Waals surface area contributed by atoms with E-state index in [1.165, 1.54) is 7.11 Å². The van der Waals surface area contributed by atoms with Gasteiger partial charge in [-0.1, -0.05) is 29.8 Å². The molecule has 0 saturated heterocycles. The molecule has 0 spiro atoms. The average molecular weight is 363 g/mol. The SMILES string of the molecule is COC(=O)c1cccc(NC2=C(C)C(=O)C(c3cc(C)ccc3C)C2=O)c1. The van der Waals surface area contributed by atoms with Crippen molar-refractivity contribution < 1.29 is 19.1 Å². The number of carbonyl (C=O) groups excluding carboxylic acids is 3. The lowest BCUT2D eigenvalue weighted by Crippen LogP contribution is -2.18. The van der Waals surface area contributed by atoms with Gasteiger partial charge in [-0.05, 0) is 50.1 Å². The van der Waals surface area contributed by atoms with Crippen molar-refractivity contribution in [1.82, 2.24) is 0 Å². The smallest absolute Gasteiger partial charge is 0.337 e. The van der Waals surface area contributed by atoms with E-state index in [9.17, 15) is 14.4 Å². The molecule has 0 amide bonds. The Hall–Kier alpha value is -3.21. The molecule has 5 nitrogen and oxygen atoms in total. The minimum atomic E-state index is -0.823. The first kappa shape index (κ1) is 18.6. The van der Waals surface area contributed by atoms with Crippen LogP contribution in [0, 0.1) is 13.8 Å². The molecule has 0 saturated carbocycles. The molecule has 1 aliphatic carbocycles. The van der Waals surface area contributed by atoms with Crippen molar-refractivity contribution in [3.05, 3.63) is 76.0 Å². The number of rotatable bonds is 4. The summed E-state index contributed by atoms with van der Waals surface area (Å²) in [7, 11) is 1.31. The lowest BCUT2D eigenvalue weighted by molar-refractivity contribution is -0.123. The molecule has 1 atom stereocenters. The average Bonchev–Trinajstić information content (AvgIpc) is 2.87. The van der Waals surface area contributed by atoms with Gasteiger partial charge in [0.05, 0.1) is 18.4 Å². The zero-order chi connectivity index (χ0) is 19.7. The summed E-state index contributed by atoms with van der Waals surface area (Å²) in [5.41, 5.74) is 4.24. The van der Waals surface area contributed by atoms with Crippen LogP contribution < -0.4 is 5.32 Å². The van der Waals surface area contributed by atoms with Crippen LogP contribution in [0.5, 0.6) is 0 Å². The van der Waals surface area contributed by atoms with Crippen LogP contribution in [0.2, 0.25) is 0 Å². The number of carbonyl (C=O) groups is 3. The first-order valence-electron chi connectivity index (χ1n) is 8.65. The third-order valence-corrected chi connectivity index (χ3v) is 4.81. The van der Waals surface area contributed by atoms with Crippen molar-refractivity contribution in [3.63, 3.8) is 0 Å². The normalized spacial score (nSPS) is 16.7. The van der Waals surface area contributed by atoms with E-state index < -0.39 is 11.9 Å². The fraction of sp³-hybridized carbons (Fsp3) is 0.227. The maximum absolute atomic E-state index is 13.0. The molecule has 0 aromatic heterocycles. The second-order valence-corrected chi connectivity index (χ2v) is 6.72. The summed E-state index contributed by atoms with van der Waals surface area (Å²) in [5.74, 6) is -1.74. The van der Waals surface area contributed by atoms with Crippen molar-refractivity contribution in [3.8, 4) is 0 Å². The predicted molar refractivity (Wildman–Crippen MR) is 103 cm³/mol. The Kier molecular flexibility index (Phi) is 4.95. The number of allylic oxidation sites excluding steroid dienone is 2. The highest BCUT2D eigenvalue weighted by atomic mass is 16.5. The van der Waals surface area contributed by atoms with Gasteiger partial charge < -0.3 is 10.1 Å². The Balaban J connectivity index is 1.93. The molecule has 3 rings (SSSR count). The Morgan fingerprint density at radius 1 is 1.00 bits per heavy atom. The van der Waals surface area contributed by atoms with Gasteiger partial charge in [0.25, 0.3) is 0 Å². The Bertz CT molecular complexity index is 988. The second kappa shape index (κ2) is 7.19. The monoisotopic (exact) mass is 363 g/mol. The van der Waals surface area contributed by atoms with Crippen LogP contribution in [-0.2, 0) is 14.3 Å². The molecule has 0 bridgehead atoms. The molecule has 0 radical (unpaired) electrons. The predicted octanol–water partition coefficient (Wildman–Crippen LogP) is 3.71. The summed E-state index contributed by atoms with van der Waals surface area (Å²) in [6, 6.07) is 12.4. The Morgan fingerprint density at radius 3 is 2.44 bits per heavy atom. The molecule has 5 heteroatoms. The largest absolute Gasteiger partial charge is 0.465 e. The number of aryl methyl sites for hydroxylation is 2. The van der Waals surface area contributed by atoms with E-state index >= 15 is 0 Å². The standard InChI is InChI=1S/C22H21NO4/c1-12-8-9-13(2)17(10-12)18-20(24)14(3)19(21(18)25)23-16-7-5-6-15(11-16)22(26)27-4/h5-11,18,23H,1-4H3. The van der Waals surface area contributed by atoms with Crippen LogP contribution in [0.1, 0.15) is 39.9 Å². The number of esters is 1. The first-order chi connectivity index (χ1) is 12.8. The molecule has 0 heterocycles. The van der Waals surface area contributed by atoms with Crippen molar-refractivity contribution in [2.75, 3.05) is 12.4 Å². The molecule has 2 aromatic carbocycles. The highest BCUT2D eigenvalue weighted by Gasteiger charge is 2.40. The minimum Gasteiger partial charge on any atom is -0.465 e. The summed E-state index contributed by atoms with van der Waals surface area (Å²) in [6.45, 7) is 5.48. The molecule has 27 heavy (non-hydrogen) atoms. The maximum atomic E-state index is 13.0. The minimum absolute atomic E-state index is 0.194. The van der Waals surface area contributed by atoms with Gasteiger partial charge in [0, 0.05) is 11.3 Å². The molecular formula is C22H21NO4. The zero-order valence-corrected chi connectivity index (χ0v) is 15.8. The topological polar surface area (TPSA) is 72.5 Å². The molecule has 1 unspecified atom stereocenters. The Labute approximate surface area is 158 Å². The van der Waals surface area contributed by atoms with Gasteiger partial charge in [0.15, 0.2) is 11.6 Å². The first-order valence-corrected chi connectivity index (χ1v) is 8.65. The van der Waals surface area contributed by atoms with E-state index in [1.54, 1.807) is 31.2 Å². The number of methoxy groups -OCH3 is 1.